The Bertz CT molecular complexity index is 922. The quantitative estimate of drug-likeness (QED) is 0.397. The molecule has 2 aromatic rings. The summed E-state index contributed by atoms with van der Waals surface area (Å²) >= 11 is 0. The highest BCUT2D eigenvalue weighted by molar-refractivity contribution is 5.64. The molecule has 1 aliphatic carbocycles. The summed E-state index contributed by atoms with van der Waals surface area (Å²) in [6.45, 7) is 6.63. The van der Waals surface area contributed by atoms with Crippen molar-refractivity contribution in [1.82, 2.24) is 20.0 Å². The summed E-state index contributed by atoms with van der Waals surface area (Å²) in [5.74, 6) is 7.84. The zero-order chi connectivity index (χ0) is 23.1. The van der Waals surface area contributed by atoms with Gasteiger partial charge >= 0.3 is 0 Å². The topological polar surface area (TPSA) is 115 Å². The Morgan fingerprint density at radius 2 is 1.97 bits per heavy atom. The van der Waals surface area contributed by atoms with Gasteiger partial charge in [-0.25, -0.2) is 20.8 Å². The number of aromatic nitrogens is 3. The number of hydrogen-bond donors (Lipinski definition) is 3. The molecule has 0 amide bonds. The van der Waals surface area contributed by atoms with E-state index in [4.69, 9.17) is 21.3 Å². The second-order valence-corrected chi connectivity index (χ2v) is 8.60. The van der Waals surface area contributed by atoms with Crippen LogP contribution in [0.4, 0.5) is 5.95 Å². The van der Waals surface area contributed by atoms with Crippen LogP contribution in [0, 0.1) is 6.92 Å². The molecular weight excluding hydrogens is 402 g/mol. The molecule has 0 radical (unpaired) electrons. The summed E-state index contributed by atoms with van der Waals surface area (Å²) in [4.78, 5) is 13.6. The Morgan fingerprint density at radius 1 is 1.22 bits per heavy atom. The lowest BCUT2D eigenvalue weighted by molar-refractivity contribution is 0.153. The maximum Gasteiger partial charge on any atom is 0.223 e. The first-order valence-electron chi connectivity index (χ1n) is 11.6. The van der Waals surface area contributed by atoms with Crippen LogP contribution >= 0.6 is 0 Å². The predicted octanol–water partition coefficient (Wildman–Crippen LogP) is 3.95. The van der Waals surface area contributed by atoms with Crippen LogP contribution < -0.4 is 21.6 Å². The van der Waals surface area contributed by atoms with Crippen LogP contribution in [0.2, 0.25) is 0 Å². The largest absolute Gasteiger partial charge is 0.489 e. The highest BCUT2D eigenvalue weighted by Crippen LogP contribution is 2.26. The second kappa shape index (κ2) is 11.1. The van der Waals surface area contributed by atoms with Crippen molar-refractivity contribution in [2.24, 2.45) is 11.6 Å². The van der Waals surface area contributed by atoms with E-state index in [1.807, 2.05) is 25.1 Å². The van der Waals surface area contributed by atoms with Gasteiger partial charge in [-0.1, -0.05) is 20.3 Å². The molecular formula is C24H37N7O. The third-order valence-electron chi connectivity index (χ3n) is 6.10. The molecule has 1 aliphatic rings. The van der Waals surface area contributed by atoms with Crippen molar-refractivity contribution in [2.75, 3.05) is 18.9 Å². The van der Waals surface area contributed by atoms with Gasteiger partial charge in [-0.15, -0.1) is 0 Å². The normalized spacial score (nSPS) is 16.3. The van der Waals surface area contributed by atoms with Gasteiger partial charge in [0.1, 0.15) is 5.75 Å². The number of nitrogens with one attached hydrogen (secondary N) is 1. The highest BCUT2D eigenvalue weighted by atomic mass is 16.5. The minimum absolute atomic E-state index is 0.282. The van der Waals surface area contributed by atoms with Crippen molar-refractivity contribution in [3.05, 3.63) is 47.2 Å². The number of rotatable bonds is 9. The van der Waals surface area contributed by atoms with E-state index in [9.17, 15) is 0 Å². The molecule has 1 saturated carbocycles. The zero-order valence-corrected chi connectivity index (χ0v) is 19.8. The molecule has 0 aliphatic heterocycles. The number of aryl methyl sites for hydroxylation is 1. The third kappa shape index (κ3) is 6.09. The van der Waals surface area contributed by atoms with Gasteiger partial charge in [0.2, 0.25) is 5.95 Å². The van der Waals surface area contributed by atoms with Gasteiger partial charge in [0.15, 0.2) is 0 Å². The smallest absolute Gasteiger partial charge is 0.223 e. The van der Waals surface area contributed by atoms with Crippen molar-refractivity contribution in [1.29, 1.82) is 0 Å². The first kappa shape index (κ1) is 23.8. The Hall–Kier alpha value is -2.87. The maximum absolute atomic E-state index is 6.48. The number of anilines is 1. The molecule has 2 aromatic heterocycles. The molecule has 5 N–H and O–H groups in total. The molecule has 32 heavy (non-hydrogen) atoms. The van der Waals surface area contributed by atoms with E-state index in [0.29, 0.717) is 35.5 Å². The summed E-state index contributed by atoms with van der Waals surface area (Å²) in [6, 6.07) is 5.80. The molecule has 0 bridgehead atoms. The second-order valence-electron chi connectivity index (χ2n) is 8.60. The maximum atomic E-state index is 6.48. The third-order valence-corrected chi connectivity index (χ3v) is 6.10. The number of ether oxygens (including phenoxy) is 1. The number of pyridine rings is 1. The zero-order valence-electron chi connectivity index (χ0n) is 19.8. The minimum atomic E-state index is 0.282. The lowest BCUT2D eigenvalue weighted by Crippen LogP contribution is -2.32. The fourth-order valence-corrected chi connectivity index (χ4v) is 3.85. The average Bonchev–Trinajstić information content (AvgIpc) is 2.80. The van der Waals surface area contributed by atoms with E-state index in [1.54, 1.807) is 13.2 Å². The lowest BCUT2D eigenvalue weighted by atomic mass is 9.98. The highest BCUT2D eigenvalue weighted by Gasteiger charge is 2.17. The van der Waals surface area contributed by atoms with Crippen LogP contribution in [0.5, 0.6) is 5.75 Å². The summed E-state index contributed by atoms with van der Waals surface area (Å²) in [5.41, 5.74) is 10.2. The predicted molar refractivity (Wildman–Crippen MR) is 129 cm³/mol. The van der Waals surface area contributed by atoms with Gasteiger partial charge in [-0.3, -0.25) is 0 Å². The van der Waals surface area contributed by atoms with E-state index in [0.717, 1.165) is 36.4 Å². The fraction of sp³-hybridized carbons (Fsp3) is 0.542. The summed E-state index contributed by atoms with van der Waals surface area (Å²) in [5, 5.41) is 4.75. The van der Waals surface area contributed by atoms with Crippen LogP contribution in [-0.4, -0.2) is 39.7 Å². The van der Waals surface area contributed by atoms with Crippen LogP contribution in [0.25, 0.3) is 5.70 Å². The number of hydrazine groups is 1. The Balaban J connectivity index is 1.75. The van der Waals surface area contributed by atoms with Crippen LogP contribution in [0.3, 0.4) is 0 Å². The molecule has 8 heteroatoms. The average molecular weight is 440 g/mol. The first-order valence-corrected chi connectivity index (χ1v) is 11.6. The molecule has 174 valence electrons. The van der Waals surface area contributed by atoms with Crippen LogP contribution in [-0.2, 0) is 0 Å². The molecule has 2 heterocycles. The number of nitrogens with zero attached hydrogens (tertiary/aromatic N) is 4. The number of likely N-dealkylation sites (N-methyl/N-ethyl adjacent to an activating group) is 1. The van der Waals surface area contributed by atoms with Crippen molar-refractivity contribution in [2.45, 2.75) is 71.3 Å². The van der Waals surface area contributed by atoms with Gasteiger partial charge in [0.05, 0.1) is 35.4 Å². The van der Waals surface area contributed by atoms with Crippen LogP contribution in [0.15, 0.2) is 30.1 Å². The molecule has 8 nitrogen and oxygen atoms in total. The Labute approximate surface area is 191 Å². The molecule has 0 aromatic carbocycles. The van der Waals surface area contributed by atoms with E-state index in [2.05, 4.69) is 29.1 Å². The summed E-state index contributed by atoms with van der Waals surface area (Å²) < 4.78 is 6.19. The monoisotopic (exact) mass is 439 g/mol. The number of nitrogens with two attached hydrogens (primary N) is 2. The summed E-state index contributed by atoms with van der Waals surface area (Å²) in [7, 11) is 1.76. The van der Waals surface area contributed by atoms with E-state index in [1.165, 1.54) is 24.3 Å². The Kier molecular flexibility index (Phi) is 8.27. The Morgan fingerprint density at radius 3 is 2.62 bits per heavy atom. The van der Waals surface area contributed by atoms with Gasteiger partial charge in [0, 0.05) is 18.9 Å². The van der Waals surface area contributed by atoms with Gasteiger partial charge in [0.25, 0.3) is 0 Å². The number of hydrogen-bond acceptors (Lipinski definition) is 8. The first-order chi connectivity index (χ1) is 15.4. The molecule has 0 spiro atoms. The van der Waals surface area contributed by atoms with Gasteiger partial charge < -0.3 is 20.8 Å². The molecule has 1 atom stereocenters. The van der Waals surface area contributed by atoms with Crippen molar-refractivity contribution < 1.29 is 4.74 Å². The minimum Gasteiger partial charge on any atom is -0.489 e. The van der Waals surface area contributed by atoms with Gasteiger partial charge in [-0.2, -0.15) is 0 Å². The molecule has 1 fully saturated rings. The molecule has 0 saturated heterocycles. The van der Waals surface area contributed by atoms with Gasteiger partial charge in [-0.05, 0) is 63.1 Å². The standard InChI is InChI=1S/C24H37N7O/c1-5-16(2)19-13-14-27-24(30-19)28-15-21(31(4)26)23(25)20-11-12-22(17(3)29-20)32-18-9-7-6-8-10-18/h11-14,16,18H,5-10,15,25-26H2,1-4H3,(H,27,28,30)/b23-21-. The fourth-order valence-electron chi connectivity index (χ4n) is 3.85. The SMILES string of the molecule is CCC(C)c1ccnc(NC/C(=C(/N)c2ccc(OC3CCCCC3)c(C)n2)N(C)N)n1. The van der Waals surface area contributed by atoms with E-state index >= 15 is 0 Å². The van der Waals surface area contributed by atoms with Crippen molar-refractivity contribution >= 4 is 11.6 Å². The molecule has 1 unspecified atom stereocenters. The lowest BCUT2D eigenvalue weighted by Gasteiger charge is -2.24. The van der Waals surface area contributed by atoms with E-state index < -0.39 is 0 Å². The van der Waals surface area contributed by atoms with Crippen molar-refractivity contribution in [3.63, 3.8) is 0 Å². The van der Waals surface area contributed by atoms with Crippen LogP contribution in [0.1, 0.15) is 75.4 Å². The van der Waals surface area contributed by atoms with E-state index in [-0.39, 0.29) is 6.10 Å². The summed E-state index contributed by atoms with van der Waals surface area (Å²) in [6.07, 6.45) is 9.05. The molecule has 3 rings (SSSR count). The van der Waals surface area contributed by atoms with Crippen molar-refractivity contribution in [3.8, 4) is 5.75 Å².